The molecule has 2 aromatic rings. The first-order chi connectivity index (χ1) is 10.1. The van der Waals surface area contributed by atoms with Crippen molar-refractivity contribution in [2.75, 3.05) is 0 Å². The molecular formula is C20H28N+. The van der Waals surface area contributed by atoms with Crippen molar-refractivity contribution in [1.82, 2.24) is 0 Å². The van der Waals surface area contributed by atoms with Crippen molar-refractivity contribution in [2.24, 2.45) is 7.05 Å². The molecule has 112 valence electrons. The first-order valence-corrected chi connectivity index (χ1v) is 8.14. The third-order valence-electron chi connectivity index (χ3n) is 5.20. The Morgan fingerprint density at radius 3 is 2.05 bits per heavy atom. The standard InChI is InChI=1S/C20H28N/c1-6-20(7-2,8-3)17-13-14-19(21(5)15-17)18-12-10-9-11-16(18)4/h9-15H,6-8H2,1-5H3/q+1. The van der Waals surface area contributed by atoms with Gasteiger partial charge in [-0.2, -0.15) is 0 Å². The maximum atomic E-state index is 2.33. The second kappa shape index (κ2) is 6.43. The average Bonchev–Trinajstić information content (AvgIpc) is 2.51. The number of hydrogen-bond donors (Lipinski definition) is 0. The zero-order valence-corrected chi connectivity index (χ0v) is 14.1. The van der Waals surface area contributed by atoms with Crippen LogP contribution in [0.1, 0.15) is 51.2 Å². The Morgan fingerprint density at radius 1 is 0.905 bits per heavy atom. The van der Waals surface area contributed by atoms with Crippen LogP contribution in [0, 0.1) is 6.92 Å². The number of aromatic nitrogens is 1. The molecule has 0 bridgehead atoms. The molecule has 1 heterocycles. The molecule has 0 aliphatic rings. The van der Waals surface area contributed by atoms with Crippen LogP contribution in [0.25, 0.3) is 11.3 Å². The third-order valence-corrected chi connectivity index (χ3v) is 5.20. The summed E-state index contributed by atoms with van der Waals surface area (Å²) in [6.07, 6.45) is 5.93. The van der Waals surface area contributed by atoms with Crippen LogP contribution < -0.4 is 4.57 Å². The minimum Gasteiger partial charge on any atom is -0.201 e. The lowest BCUT2D eigenvalue weighted by atomic mass is 9.74. The molecule has 0 spiro atoms. The van der Waals surface area contributed by atoms with E-state index in [1.165, 1.54) is 41.6 Å². The fraction of sp³-hybridized carbons (Fsp3) is 0.450. The summed E-state index contributed by atoms with van der Waals surface area (Å²) in [6.45, 7) is 9.10. The Bertz CT molecular complexity index is 601. The van der Waals surface area contributed by atoms with Gasteiger partial charge in [0.05, 0.1) is 0 Å². The molecule has 0 atom stereocenters. The number of pyridine rings is 1. The maximum absolute atomic E-state index is 2.33. The van der Waals surface area contributed by atoms with E-state index in [0.717, 1.165) is 0 Å². The normalized spacial score (nSPS) is 11.7. The van der Waals surface area contributed by atoms with Gasteiger partial charge in [-0.15, -0.1) is 0 Å². The van der Waals surface area contributed by atoms with E-state index in [2.05, 4.69) is 81.9 Å². The lowest BCUT2D eigenvalue weighted by Gasteiger charge is -2.29. The Labute approximate surface area is 129 Å². The van der Waals surface area contributed by atoms with Gasteiger partial charge in [0.25, 0.3) is 0 Å². The molecule has 0 unspecified atom stereocenters. The highest BCUT2D eigenvalue weighted by Crippen LogP contribution is 2.35. The van der Waals surface area contributed by atoms with Crippen LogP contribution in [0.3, 0.4) is 0 Å². The number of nitrogens with zero attached hydrogens (tertiary/aromatic N) is 1. The van der Waals surface area contributed by atoms with Gasteiger partial charge in [0, 0.05) is 22.6 Å². The molecule has 1 nitrogen and oxygen atoms in total. The first-order valence-electron chi connectivity index (χ1n) is 8.14. The van der Waals surface area contributed by atoms with Crippen LogP contribution in [-0.4, -0.2) is 0 Å². The van der Waals surface area contributed by atoms with E-state index in [-0.39, 0.29) is 0 Å². The van der Waals surface area contributed by atoms with Crippen LogP contribution in [-0.2, 0) is 12.5 Å². The van der Waals surface area contributed by atoms with E-state index < -0.39 is 0 Å². The molecule has 1 aromatic carbocycles. The highest BCUT2D eigenvalue weighted by Gasteiger charge is 2.29. The second-order valence-electron chi connectivity index (χ2n) is 6.07. The van der Waals surface area contributed by atoms with E-state index in [0.29, 0.717) is 5.41 Å². The average molecular weight is 282 g/mol. The molecular weight excluding hydrogens is 254 g/mol. The zero-order valence-electron chi connectivity index (χ0n) is 14.1. The molecule has 0 fully saturated rings. The minimum atomic E-state index is 0.321. The molecule has 0 N–H and O–H groups in total. The van der Waals surface area contributed by atoms with Crippen LogP contribution in [0.4, 0.5) is 0 Å². The number of hydrogen-bond acceptors (Lipinski definition) is 0. The Hall–Kier alpha value is -1.63. The molecule has 0 saturated carbocycles. The molecule has 21 heavy (non-hydrogen) atoms. The first kappa shape index (κ1) is 15.8. The van der Waals surface area contributed by atoms with Gasteiger partial charge < -0.3 is 0 Å². The summed E-state index contributed by atoms with van der Waals surface area (Å²) in [5.74, 6) is 0. The number of rotatable bonds is 5. The number of aryl methyl sites for hydroxylation is 2. The predicted molar refractivity (Wildman–Crippen MR) is 90.3 cm³/mol. The van der Waals surface area contributed by atoms with E-state index in [9.17, 15) is 0 Å². The van der Waals surface area contributed by atoms with Gasteiger partial charge in [-0.05, 0) is 43.9 Å². The van der Waals surface area contributed by atoms with Gasteiger partial charge >= 0.3 is 0 Å². The van der Waals surface area contributed by atoms with Crippen molar-refractivity contribution < 1.29 is 4.57 Å². The van der Waals surface area contributed by atoms with Crippen molar-refractivity contribution in [3.8, 4) is 11.3 Å². The lowest BCUT2D eigenvalue weighted by molar-refractivity contribution is -0.661. The largest absolute Gasteiger partial charge is 0.212 e. The van der Waals surface area contributed by atoms with E-state index in [1.54, 1.807) is 0 Å². The van der Waals surface area contributed by atoms with E-state index in [1.807, 2.05) is 0 Å². The summed E-state index contributed by atoms with van der Waals surface area (Å²) < 4.78 is 2.29. The highest BCUT2D eigenvalue weighted by atomic mass is 14.9. The predicted octanol–water partition coefficient (Wildman–Crippen LogP) is 4.95. The molecule has 1 heteroatoms. The van der Waals surface area contributed by atoms with Crippen molar-refractivity contribution in [3.05, 3.63) is 53.7 Å². The van der Waals surface area contributed by atoms with Crippen molar-refractivity contribution in [1.29, 1.82) is 0 Å². The number of benzene rings is 1. The Kier molecular flexibility index (Phi) is 4.82. The van der Waals surface area contributed by atoms with E-state index >= 15 is 0 Å². The smallest absolute Gasteiger partial charge is 0.201 e. The second-order valence-corrected chi connectivity index (χ2v) is 6.07. The summed E-state index contributed by atoms with van der Waals surface area (Å²) in [7, 11) is 2.16. The molecule has 2 rings (SSSR count). The van der Waals surface area contributed by atoms with Crippen LogP contribution in [0.15, 0.2) is 42.6 Å². The van der Waals surface area contributed by atoms with Crippen molar-refractivity contribution in [2.45, 2.75) is 52.4 Å². The fourth-order valence-corrected chi connectivity index (χ4v) is 3.42. The van der Waals surface area contributed by atoms with Gasteiger partial charge in [0.1, 0.15) is 7.05 Å². The lowest BCUT2D eigenvalue weighted by Crippen LogP contribution is -2.35. The summed E-state index contributed by atoms with van der Waals surface area (Å²) in [4.78, 5) is 0. The van der Waals surface area contributed by atoms with Gasteiger partial charge in [-0.1, -0.05) is 39.0 Å². The summed E-state index contributed by atoms with van der Waals surface area (Å²) >= 11 is 0. The molecule has 0 aliphatic heterocycles. The summed E-state index contributed by atoms with van der Waals surface area (Å²) in [6, 6.07) is 13.2. The van der Waals surface area contributed by atoms with Crippen molar-refractivity contribution >= 4 is 0 Å². The molecule has 0 radical (unpaired) electrons. The quantitative estimate of drug-likeness (QED) is 0.683. The van der Waals surface area contributed by atoms with Crippen LogP contribution in [0.2, 0.25) is 0 Å². The summed E-state index contributed by atoms with van der Waals surface area (Å²) in [5, 5.41) is 0. The van der Waals surface area contributed by atoms with Crippen molar-refractivity contribution in [3.63, 3.8) is 0 Å². The van der Waals surface area contributed by atoms with Gasteiger partial charge in [0.2, 0.25) is 5.69 Å². The summed E-state index contributed by atoms with van der Waals surface area (Å²) in [5.41, 5.74) is 5.72. The SMILES string of the molecule is CCC(CC)(CC)c1ccc(-c2ccccc2C)[n+](C)c1. The third kappa shape index (κ3) is 2.88. The maximum Gasteiger partial charge on any atom is 0.212 e. The molecule has 0 saturated heterocycles. The molecule has 0 amide bonds. The van der Waals surface area contributed by atoms with Crippen LogP contribution >= 0.6 is 0 Å². The molecule has 1 aromatic heterocycles. The Balaban J connectivity index is 2.50. The Morgan fingerprint density at radius 2 is 1.52 bits per heavy atom. The molecule has 0 aliphatic carbocycles. The highest BCUT2D eigenvalue weighted by molar-refractivity contribution is 5.60. The van der Waals surface area contributed by atoms with Gasteiger partial charge in [-0.3, -0.25) is 0 Å². The van der Waals surface area contributed by atoms with Gasteiger partial charge in [-0.25, -0.2) is 4.57 Å². The minimum absolute atomic E-state index is 0.321. The van der Waals surface area contributed by atoms with E-state index in [4.69, 9.17) is 0 Å². The fourth-order valence-electron chi connectivity index (χ4n) is 3.42. The van der Waals surface area contributed by atoms with Gasteiger partial charge in [0.15, 0.2) is 6.20 Å². The topological polar surface area (TPSA) is 3.88 Å². The zero-order chi connectivity index (χ0) is 15.5. The van der Waals surface area contributed by atoms with Crippen LogP contribution in [0.5, 0.6) is 0 Å². The monoisotopic (exact) mass is 282 g/mol.